The van der Waals surface area contributed by atoms with Crippen molar-refractivity contribution in [1.82, 2.24) is 14.8 Å². The van der Waals surface area contributed by atoms with Gasteiger partial charge in [-0.2, -0.15) is 0 Å². The van der Waals surface area contributed by atoms with Crippen LogP contribution in [0.4, 0.5) is 0 Å². The van der Waals surface area contributed by atoms with Gasteiger partial charge in [0.05, 0.1) is 30.9 Å². The van der Waals surface area contributed by atoms with Gasteiger partial charge in [0.1, 0.15) is 11.5 Å². The molecule has 0 saturated carbocycles. The molecule has 1 aromatic heterocycles. The number of ketones is 1. The van der Waals surface area contributed by atoms with Gasteiger partial charge >= 0.3 is 0 Å². The molecule has 0 unspecified atom stereocenters. The molecule has 2 fully saturated rings. The molecule has 2 aliphatic heterocycles. The number of pyridine rings is 1. The molecule has 0 aliphatic carbocycles. The van der Waals surface area contributed by atoms with Gasteiger partial charge in [-0.3, -0.25) is 19.5 Å². The lowest BCUT2D eigenvalue weighted by molar-refractivity contribution is -0.140. The molecule has 186 valence electrons. The minimum atomic E-state index is -0.695. The van der Waals surface area contributed by atoms with E-state index in [1.807, 2.05) is 32.9 Å². The molecule has 3 heterocycles. The number of hydrogen-bond donors (Lipinski definition) is 1. The molecule has 35 heavy (non-hydrogen) atoms. The number of Topliss-reactive ketones (excluding diaryl/α,β-unsaturated/α-hetero) is 1. The van der Waals surface area contributed by atoms with Crippen LogP contribution in [0.15, 0.2) is 48.3 Å². The fourth-order valence-electron chi connectivity index (χ4n) is 4.68. The van der Waals surface area contributed by atoms with Gasteiger partial charge in [0.2, 0.25) is 0 Å². The largest absolute Gasteiger partial charge is 0.507 e. The van der Waals surface area contributed by atoms with Crippen molar-refractivity contribution in [3.63, 3.8) is 0 Å². The van der Waals surface area contributed by atoms with Gasteiger partial charge in [0.15, 0.2) is 0 Å². The summed E-state index contributed by atoms with van der Waals surface area (Å²) in [6.07, 6.45) is 4.02. The zero-order valence-corrected chi connectivity index (χ0v) is 20.6. The van der Waals surface area contributed by atoms with E-state index in [1.165, 1.54) is 0 Å². The highest BCUT2D eigenvalue weighted by atomic mass is 16.5. The molecule has 8 heteroatoms. The maximum absolute atomic E-state index is 13.2. The van der Waals surface area contributed by atoms with Gasteiger partial charge < -0.3 is 19.5 Å². The predicted octanol–water partition coefficient (Wildman–Crippen LogP) is 3.32. The Balaban J connectivity index is 1.66. The first-order valence-electron chi connectivity index (χ1n) is 12.1. The fourth-order valence-corrected chi connectivity index (χ4v) is 4.68. The SMILES string of the molecule is Cc1cc(OC(C)C)ccc1/C(O)=C1\C(=O)C(=O)N(CCCN2CCOCC2)[C@H]1c1cccnc1. The zero-order valence-electron chi connectivity index (χ0n) is 20.6. The average Bonchev–Trinajstić information content (AvgIpc) is 3.10. The first-order valence-corrected chi connectivity index (χ1v) is 12.1. The lowest BCUT2D eigenvalue weighted by Crippen LogP contribution is -2.39. The summed E-state index contributed by atoms with van der Waals surface area (Å²) in [4.78, 5) is 34.4. The quantitative estimate of drug-likeness (QED) is 0.353. The second-order valence-electron chi connectivity index (χ2n) is 9.23. The zero-order chi connectivity index (χ0) is 24.9. The van der Waals surface area contributed by atoms with Crippen molar-refractivity contribution in [2.45, 2.75) is 39.3 Å². The number of hydrogen-bond acceptors (Lipinski definition) is 7. The van der Waals surface area contributed by atoms with Crippen molar-refractivity contribution in [2.24, 2.45) is 0 Å². The number of morpholine rings is 1. The summed E-state index contributed by atoms with van der Waals surface area (Å²) < 4.78 is 11.2. The lowest BCUT2D eigenvalue weighted by atomic mass is 9.94. The smallest absolute Gasteiger partial charge is 0.295 e. The Hall–Kier alpha value is -3.23. The van der Waals surface area contributed by atoms with E-state index in [0.29, 0.717) is 43.1 Å². The van der Waals surface area contributed by atoms with Crippen molar-refractivity contribution in [1.29, 1.82) is 0 Å². The van der Waals surface area contributed by atoms with Crippen molar-refractivity contribution in [3.8, 4) is 5.75 Å². The van der Waals surface area contributed by atoms with E-state index in [4.69, 9.17) is 9.47 Å². The highest BCUT2D eigenvalue weighted by Gasteiger charge is 2.46. The molecule has 2 saturated heterocycles. The molecule has 2 aromatic rings. The summed E-state index contributed by atoms with van der Waals surface area (Å²) in [5, 5.41) is 11.3. The molecule has 1 atom stereocenters. The highest BCUT2D eigenvalue weighted by Crippen LogP contribution is 2.40. The highest BCUT2D eigenvalue weighted by molar-refractivity contribution is 6.46. The van der Waals surface area contributed by atoms with Gasteiger partial charge in [-0.15, -0.1) is 0 Å². The minimum Gasteiger partial charge on any atom is -0.507 e. The number of likely N-dealkylation sites (tertiary alicyclic amines) is 1. The number of aliphatic hydroxyl groups is 1. The van der Waals surface area contributed by atoms with Gasteiger partial charge in [-0.1, -0.05) is 6.07 Å². The molecule has 4 rings (SSSR count). The maximum atomic E-state index is 13.2. The van der Waals surface area contributed by atoms with Crippen LogP contribution >= 0.6 is 0 Å². The first-order chi connectivity index (χ1) is 16.9. The number of nitrogens with zero attached hydrogens (tertiary/aromatic N) is 3. The van der Waals surface area contributed by atoms with Gasteiger partial charge in [0.25, 0.3) is 11.7 Å². The molecule has 1 amide bonds. The Morgan fingerprint density at radius 3 is 2.63 bits per heavy atom. The van der Waals surface area contributed by atoms with Crippen molar-refractivity contribution in [3.05, 3.63) is 65.0 Å². The van der Waals surface area contributed by atoms with Crippen LogP contribution in [0.2, 0.25) is 0 Å². The van der Waals surface area contributed by atoms with Crippen LogP contribution in [0.3, 0.4) is 0 Å². The van der Waals surface area contributed by atoms with E-state index in [1.54, 1.807) is 35.5 Å². The van der Waals surface area contributed by atoms with Crippen LogP contribution in [0.5, 0.6) is 5.75 Å². The van der Waals surface area contributed by atoms with Crippen LogP contribution < -0.4 is 4.74 Å². The van der Waals surface area contributed by atoms with E-state index in [9.17, 15) is 14.7 Å². The standard InChI is InChI=1S/C27H33N3O5/c1-18(2)35-21-7-8-22(19(3)16-21)25(31)23-24(20-6-4-9-28-17-20)30(27(33)26(23)32)11-5-10-29-12-14-34-15-13-29/h4,6-9,16-18,24,31H,5,10-15H2,1-3H3/b25-23+/t24-/m0/s1. The Morgan fingerprint density at radius 1 is 1.20 bits per heavy atom. The molecular formula is C27H33N3O5. The van der Waals surface area contributed by atoms with E-state index < -0.39 is 17.7 Å². The number of aromatic nitrogens is 1. The molecule has 1 aromatic carbocycles. The molecule has 0 radical (unpaired) electrons. The monoisotopic (exact) mass is 479 g/mol. The average molecular weight is 480 g/mol. The molecule has 2 aliphatic rings. The summed E-state index contributed by atoms with van der Waals surface area (Å²) in [7, 11) is 0. The predicted molar refractivity (Wildman–Crippen MR) is 132 cm³/mol. The van der Waals surface area contributed by atoms with Crippen LogP contribution in [-0.4, -0.2) is 77.1 Å². The number of aliphatic hydroxyl groups excluding tert-OH is 1. The molecular weight excluding hydrogens is 446 g/mol. The Morgan fingerprint density at radius 2 is 1.97 bits per heavy atom. The summed E-state index contributed by atoms with van der Waals surface area (Å²) >= 11 is 0. The number of carbonyl (C=O) groups is 2. The van der Waals surface area contributed by atoms with Gasteiger partial charge in [-0.25, -0.2) is 0 Å². The van der Waals surface area contributed by atoms with Crippen LogP contribution in [0, 0.1) is 6.92 Å². The first kappa shape index (κ1) is 24.9. The summed E-state index contributed by atoms with van der Waals surface area (Å²) in [6.45, 7) is 10.1. The third kappa shape index (κ3) is 5.55. The van der Waals surface area contributed by atoms with Crippen LogP contribution in [0.1, 0.15) is 43.0 Å². The summed E-state index contributed by atoms with van der Waals surface area (Å²) in [5.41, 5.74) is 2.04. The normalized spacial score (nSPS) is 20.6. The van der Waals surface area contributed by atoms with Crippen molar-refractivity contribution >= 4 is 17.4 Å². The third-order valence-electron chi connectivity index (χ3n) is 6.34. The molecule has 0 bridgehead atoms. The number of rotatable bonds is 8. The van der Waals surface area contributed by atoms with Crippen molar-refractivity contribution < 1.29 is 24.2 Å². The van der Waals surface area contributed by atoms with Crippen LogP contribution in [0.25, 0.3) is 5.76 Å². The number of amides is 1. The van der Waals surface area contributed by atoms with E-state index in [-0.39, 0.29) is 17.4 Å². The molecule has 1 N–H and O–H groups in total. The van der Waals surface area contributed by atoms with Crippen molar-refractivity contribution in [2.75, 3.05) is 39.4 Å². The number of aryl methyl sites for hydroxylation is 1. The van der Waals surface area contributed by atoms with Crippen LogP contribution in [-0.2, 0) is 14.3 Å². The second kappa shape index (κ2) is 11.0. The topological polar surface area (TPSA) is 92.2 Å². The van der Waals surface area contributed by atoms with E-state index in [0.717, 1.165) is 25.2 Å². The molecule has 8 nitrogen and oxygen atoms in total. The van der Waals surface area contributed by atoms with E-state index in [2.05, 4.69) is 9.88 Å². The Bertz CT molecular complexity index is 1090. The second-order valence-corrected chi connectivity index (χ2v) is 9.23. The summed E-state index contributed by atoms with van der Waals surface area (Å²) in [6, 6.07) is 8.23. The van der Waals surface area contributed by atoms with E-state index >= 15 is 0 Å². The van der Waals surface area contributed by atoms with Gasteiger partial charge in [0, 0.05) is 44.1 Å². The molecule has 0 spiro atoms. The fraction of sp³-hybridized carbons (Fsp3) is 0.444. The maximum Gasteiger partial charge on any atom is 0.295 e. The minimum absolute atomic E-state index is 0.0159. The third-order valence-corrected chi connectivity index (χ3v) is 6.34. The number of benzene rings is 1. The Kier molecular flexibility index (Phi) is 7.83. The number of ether oxygens (including phenoxy) is 2. The Labute approximate surface area is 206 Å². The number of carbonyl (C=O) groups excluding carboxylic acids is 2. The van der Waals surface area contributed by atoms with Gasteiger partial charge in [-0.05, 0) is 62.6 Å². The summed E-state index contributed by atoms with van der Waals surface area (Å²) in [5.74, 6) is -0.771. The lowest BCUT2D eigenvalue weighted by Gasteiger charge is -2.29.